The molecule has 1 rings (SSSR count). The average molecular weight is 301 g/mol. The summed E-state index contributed by atoms with van der Waals surface area (Å²) in [5.41, 5.74) is 0.941. The summed E-state index contributed by atoms with van der Waals surface area (Å²) in [7, 11) is -2.48. The Labute approximate surface area is 118 Å². The second kappa shape index (κ2) is 5.90. The van der Waals surface area contributed by atoms with E-state index in [1.165, 1.54) is 26.1 Å². The number of carbonyl (C=O) groups is 1. The van der Waals surface area contributed by atoms with Gasteiger partial charge in [-0.05, 0) is 38.0 Å². The fourth-order valence-corrected chi connectivity index (χ4v) is 3.46. The van der Waals surface area contributed by atoms with Crippen molar-refractivity contribution in [2.45, 2.75) is 31.8 Å². The average Bonchev–Trinajstić information content (AvgIpc) is 2.26. The van der Waals surface area contributed by atoms with Crippen LogP contribution in [0.5, 0.6) is 0 Å². The number of carboxylic acids is 1. The standard InChI is InChI=1S/C13H19NO5S/c1-8-5-9(2)12(6-11(8)13(16)17)20(18,19)14(4)7-10(3)15/h5-6,10,15H,7H2,1-4H3,(H,16,17)/t10-/m1/s1. The van der Waals surface area contributed by atoms with E-state index in [1.807, 2.05) is 0 Å². The molecule has 0 aliphatic heterocycles. The molecule has 0 unspecified atom stereocenters. The number of carboxylic acid groups (broad SMARTS) is 1. The molecule has 0 radical (unpaired) electrons. The van der Waals surface area contributed by atoms with E-state index in [4.69, 9.17) is 5.11 Å². The number of aliphatic hydroxyl groups excluding tert-OH is 1. The van der Waals surface area contributed by atoms with Crippen LogP contribution in [-0.4, -0.2) is 48.6 Å². The zero-order valence-corrected chi connectivity index (χ0v) is 12.7. The third kappa shape index (κ3) is 3.36. The number of aromatic carboxylic acids is 1. The minimum Gasteiger partial charge on any atom is -0.478 e. The highest BCUT2D eigenvalue weighted by Crippen LogP contribution is 2.23. The van der Waals surface area contributed by atoms with Gasteiger partial charge >= 0.3 is 5.97 Å². The minimum atomic E-state index is -3.83. The SMILES string of the molecule is Cc1cc(C)c(S(=O)(=O)N(C)C[C@@H](C)O)cc1C(=O)O. The summed E-state index contributed by atoms with van der Waals surface area (Å²) in [6.45, 7) is 4.66. The predicted octanol–water partition coefficient (Wildman–Crippen LogP) is 1.00. The molecule has 0 fully saturated rings. The second-order valence-electron chi connectivity index (χ2n) is 4.87. The molecule has 0 heterocycles. The molecule has 0 aliphatic rings. The van der Waals surface area contributed by atoms with Crippen molar-refractivity contribution < 1.29 is 23.4 Å². The Kier molecular flexibility index (Phi) is 4.90. The zero-order valence-electron chi connectivity index (χ0n) is 11.9. The van der Waals surface area contributed by atoms with E-state index >= 15 is 0 Å². The number of benzene rings is 1. The van der Waals surface area contributed by atoms with E-state index < -0.39 is 22.1 Å². The molecule has 1 aromatic carbocycles. The molecule has 20 heavy (non-hydrogen) atoms. The first-order valence-electron chi connectivity index (χ1n) is 6.06. The van der Waals surface area contributed by atoms with Gasteiger partial charge in [-0.3, -0.25) is 0 Å². The van der Waals surface area contributed by atoms with Crippen LogP contribution in [0.4, 0.5) is 0 Å². The molecule has 0 amide bonds. The van der Waals surface area contributed by atoms with Crippen LogP contribution >= 0.6 is 0 Å². The molecule has 0 saturated heterocycles. The molecule has 112 valence electrons. The zero-order chi connectivity index (χ0) is 15.7. The maximum atomic E-state index is 12.4. The van der Waals surface area contributed by atoms with Gasteiger partial charge in [-0.1, -0.05) is 6.07 Å². The van der Waals surface area contributed by atoms with E-state index in [9.17, 15) is 18.3 Å². The molecule has 0 bridgehead atoms. The molecular formula is C13H19NO5S. The van der Waals surface area contributed by atoms with Crippen molar-refractivity contribution >= 4 is 16.0 Å². The summed E-state index contributed by atoms with van der Waals surface area (Å²) in [6, 6.07) is 2.70. The molecular weight excluding hydrogens is 282 g/mol. The van der Waals surface area contributed by atoms with Crippen LogP contribution in [0.2, 0.25) is 0 Å². The lowest BCUT2D eigenvalue weighted by Crippen LogP contribution is -2.33. The van der Waals surface area contributed by atoms with Crippen molar-refractivity contribution in [1.82, 2.24) is 4.31 Å². The highest BCUT2D eigenvalue weighted by atomic mass is 32.2. The Morgan fingerprint density at radius 1 is 1.30 bits per heavy atom. The van der Waals surface area contributed by atoms with Gasteiger partial charge in [0.25, 0.3) is 0 Å². The summed E-state index contributed by atoms with van der Waals surface area (Å²) < 4.78 is 25.8. The van der Waals surface area contributed by atoms with Crippen molar-refractivity contribution in [2.24, 2.45) is 0 Å². The number of hydrogen-bond acceptors (Lipinski definition) is 4. The van der Waals surface area contributed by atoms with Gasteiger partial charge in [0.1, 0.15) is 0 Å². The molecule has 0 saturated carbocycles. The number of likely N-dealkylation sites (N-methyl/N-ethyl adjacent to an activating group) is 1. The fourth-order valence-electron chi connectivity index (χ4n) is 1.98. The Bertz CT molecular complexity index is 622. The number of nitrogens with zero attached hydrogens (tertiary/aromatic N) is 1. The smallest absolute Gasteiger partial charge is 0.335 e. The van der Waals surface area contributed by atoms with Gasteiger partial charge in [-0.25, -0.2) is 13.2 Å². The van der Waals surface area contributed by atoms with Crippen LogP contribution in [0.3, 0.4) is 0 Å². The van der Waals surface area contributed by atoms with Crippen LogP contribution in [0.1, 0.15) is 28.4 Å². The maximum Gasteiger partial charge on any atom is 0.335 e. The Hall–Kier alpha value is -1.44. The van der Waals surface area contributed by atoms with Crippen LogP contribution in [0.25, 0.3) is 0 Å². The van der Waals surface area contributed by atoms with Crippen molar-refractivity contribution in [3.8, 4) is 0 Å². The summed E-state index contributed by atoms with van der Waals surface area (Å²) in [6.07, 6.45) is -0.806. The fraction of sp³-hybridized carbons (Fsp3) is 0.462. The van der Waals surface area contributed by atoms with E-state index in [1.54, 1.807) is 13.8 Å². The van der Waals surface area contributed by atoms with E-state index in [2.05, 4.69) is 0 Å². The second-order valence-corrected chi connectivity index (χ2v) is 6.89. The lowest BCUT2D eigenvalue weighted by molar-refractivity contribution is 0.0695. The quantitative estimate of drug-likeness (QED) is 0.846. The van der Waals surface area contributed by atoms with Gasteiger partial charge in [-0.2, -0.15) is 4.31 Å². The van der Waals surface area contributed by atoms with Gasteiger partial charge in [-0.15, -0.1) is 0 Å². The van der Waals surface area contributed by atoms with E-state index in [-0.39, 0.29) is 17.0 Å². The first-order valence-corrected chi connectivity index (χ1v) is 7.50. The predicted molar refractivity (Wildman–Crippen MR) is 74.4 cm³/mol. The number of aryl methyl sites for hydroxylation is 2. The lowest BCUT2D eigenvalue weighted by atomic mass is 10.1. The highest BCUT2D eigenvalue weighted by Gasteiger charge is 2.25. The first kappa shape index (κ1) is 16.6. The van der Waals surface area contributed by atoms with Crippen molar-refractivity contribution in [3.05, 3.63) is 28.8 Å². The summed E-state index contributed by atoms with van der Waals surface area (Å²) in [5.74, 6) is -1.17. The summed E-state index contributed by atoms with van der Waals surface area (Å²) in [4.78, 5) is 11.1. The molecule has 7 heteroatoms. The van der Waals surface area contributed by atoms with Crippen molar-refractivity contribution in [2.75, 3.05) is 13.6 Å². The molecule has 2 N–H and O–H groups in total. The number of sulfonamides is 1. The first-order chi connectivity index (χ1) is 9.07. The molecule has 1 aromatic rings. The van der Waals surface area contributed by atoms with Gasteiger partial charge in [0.2, 0.25) is 10.0 Å². The number of hydrogen-bond donors (Lipinski definition) is 2. The van der Waals surface area contributed by atoms with Crippen molar-refractivity contribution in [3.63, 3.8) is 0 Å². The highest BCUT2D eigenvalue weighted by molar-refractivity contribution is 7.89. The van der Waals surface area contributed by atoms with Gasteiger partial charge < -0.3 is 10.2 Å². The lowest BCUT2D eigenvalue weighted by Gasteiger charge is -2.20. The third-order valence-electron chi connectivity index (χ3n) is 2.96. The monoisotopic (exact) mass is 301 g/mol. The van der Waals surface area contributed by atoms with Crippen molar-refractivity contribution in [1.29, 1.82) is 0 Å². The molecule has 0 spiro atoms. The third-order valence-corrected chi connectivity index (χ3v) is 4.93. The maximum absolute atomic E-state index is 12.4. The van der Waals surface area contributed by atoms with E-state index in [0.717, 1.165) is 4.31 Å². The van der Waals surface area contributed by atoms with Gasteiger partial charge in [0, 0.05) is 13.6 Å². The Balaban J connectivity index is 3.38. The normalized spacial score (nSPS) is 13.5. The number of rotatable bonds is 5. The molecule has 0 aromatic heterocycles. The minimum absolute atomic E-state index is 0.0420. The Morgan fingerprint density at radius 3 is 2.30 bits per heavy atom. The van der Waals surface area contributed by atoms with Crippen LogP contribution in [-0.2, 0) is 10.0 Å². The Morgan fingerprint density at radius 2 is 1.85 bits per heavy atom. The van der Waals surface area contributed by atoms with Crippen LogP contribution < -0.4 is 0 Å². The molecule has 6 nitrogen and oxygen atoms in total. The van der Waals surface area contributed by atoms with Crippen LogP contribution in [0, 0.1) is 13.8 Å². The molecule has 1 atom stereocenters. The molecule has 0 aliphatic carbocycles. The largest absolute Gasteiger partial charge is 0.478 e. The van der Waals surface area contributed by atoms with Crippen LogP contribution in [0.15, 0.2) is 17.0 Å². The van der Waals surface area contributed by atoms with E-state index in [0.29, 0.717) is 11.1 Å². The van der Waals surface area contributed by atoms with Gasteiger partial charge in [0.05, 0.1) is 16.6 Å². The number of aliphatic hydroxyl groups is 1. The summed E-state index contributed by atoms with van der Waals surface area (Å²) in [5, 5.41) is 18.4. The van der Waals surface area contributed by atoms with Gasteiger partial charge in [0.15, 0.2) is 0 Å². The topological polar surface area (TPSA) is 94.9 Å². The summed E-state index contributed by atoms with van der Waals surface area (Å²) >= 11 is 0.